The van der Waals surface area contributed by atoms with Crippen LogP contribution in [0, 0.1) is 0 Å². The van der Waals surface area contributed by atoms with E-state index in [2.05, 4.69) is 0 Å². The van der Waals surface area contributed by atoms with Gasteiger partial charge in [-0.25, -0.2) is 0 Å². The maximum Gasteiger partial charge on any atom is 0.233 e. The molecule has 6 heteroatoms. The van der Waals surface area contributed by atoms with E-state index in [0.717, 1.165) is 0 Å². The van der Waals surface area contributed by atoms with Crippen molar-refractivity contribution in [3.8, 4) is 5.75 Å². The minimum Gasteiger partial charge on any atom is -0.487 e. The van der Waals surface area contributed by atoms with Crippen molar-refractivity contribution in [3.05, 3.63) is 24.3 Å². The number of benzene rings is 1. The highest BCUT2D eigenvalue weighted by Gasteiger charge is 2.27. The molecule has 2 amide bonds. The van der Waals surface area contributed by atoms with E-state index < -0.39 is 0 Å². The van der Waals surface area contributed by atoms with E-state index in [1.807, 2.05) is 0 Å². The van der Waals surface area contributed by atoms with Gasteiger partial charge in [0.2, 0.25) is 11.8 Å². The first-order valence-electron chi connectivity index (χ1n) is 5.95. The maximum atomic E-state index is 11.7. The third-order valence-corrected chi connectivity index (χ3v) is 2.87. The molecule has 5 nitrogen and oxygen atoms in total. The van der Waals surface area contributed by atoms with Crippen molar-refractivity contribution >= 4 is 34.7 Å². The number of anilines is 1. The zero-order valence-electron chi connectivity index (χ0n) is 10.3. The lowest BCUT2D eigenvalue weighted by Gasteiger charge is -2.24. The van der Waals surface area contributed by atoms with Gasteiger partial charge in [0.1, 0.15) is 17.3 Å². The average molecular weight is 278 g/mol. The monoisotopic (exact) mass is 278 g/mol. The van der Waals surface area contributed by atoms with Crippen LogP contribution in [-0.2, 0) is 9.59 Å². The molecule has 0 aromatic heterocycles. The third-order valence-electron chi connectivity index (χ3n) is 2.76. The zero-order valence-corrected chi connectivity index (χ0v) is 11.1. The molecule has 0 atom stereocenters. The van der Waals surface area contributed by atoms with Crippen LogP contribution in [-0.4, -0.2) is 23.4 Å². The predicted octanol–water partition coefficient (Wildman–Crippen LogP) is 1.40. The second-order valence-corrected chi connectivity index (χ2v) is 4.75. The number of piperidine rings is 1. The van der Waals surface area contributed by atoms with Gasteiger partial charge in [-0.2, -0.15) is 0 Å². The molecule has 0 unspecified atom stereocenters. The van der Waals surface area contributed by atoms with Gasteiger partial charge >= 0.3 is 0 Å². The first-order valence-corrected chi connectivity index (χ1v) is 6.35. The number of carbonyl (C=O) groups excluding carboxylic acids is 2. The SMILES string of the molecule is NC(=S)COc1ccc(N2C(=O)CCCC2=O)cc1. The number of hydrogen-bond donors (Lipinski definition) is 1. The highest BCUT2D eigenvalue weighted by Crippen LogP contribution is 2.24. The molecule has 1 aromatic carbocycles. The summed E-state index contributed by atoms with van der Waals surface area (Å²) in [4.78, 5) is 25.0. The van der Waals surface area contributed by atoms with Crippen LogP contribution in [0.25, 0.3) is 0 Å². The molecular weight excluding hydrogens is 264 g/mol. The normalized spacial score (nSPS) is 15.5. The Morgan fingerprint density at radius 1 is 1.21 bits per heavy atom. The maximum absolute atomic E-state index is 11.7. The van der Waals surface area contributed by atoms with Crippen LogP contribution in [0.2, 0.25) is 0 Å². The molecule has 0 saturated carbocycles. The molecule has 1 aliphatic heterocycles. The summed E-state index contributed by atoms with van der Waals surface area (Å²) >= 11 is 4.71. The van der Waals surface area contributed by atoms with Gasteiger partial charge in [-0.05, 0) is 30.7 Å². The summed E-state index contributed by atoms with van der Waals surface area (Å²) < 4.78 is 5.31. The smallest absolute Gasteiger partial charge is 0.233 e. The number of nitrogens with zero attached hydrogens (tertiary/aromatic N) is 1. The molecule has 0 bridgehead atoms. The van der Waals surface area contributed by atoms with Crippen LogP contribution >= 0.6 is 12.2 Å². The third kappa shape index (κ3) is 3.29. The van der Waals surface area contributed by atoms with Crippen LogP contribution in [0.3, 0.4) is 0 Å². The molecule has 0 aliphatic carbocycles. The number of hydrogen-bond acceptors (Lipinski definition) is 4. The topological polar surface area (TPSA) is 72.6 Å². The van der Waals surface area contributed by atoms with E-state index in [1.165, 1.54) is 4.90 Å². The van der Waals surface area contributed by atoms with E-state index in [1.54, 1.807) is 24.3 Å². The number of ether oxygens (including phenoxy) is 1. The molecule has 1 aliphatic rings. The van der Waals surface area contributed by atoms with Crippen LogP contribution in [0.15, 0.2) is 24.3 Å². The number of rotatable bonds is 4. The molecular formula is C13H14N2O3S. The lowest BCUT2D eigenvalue weighted by atomic mass is 10.1. The Balaban J connectivity index is 2.11. The highest BCUT2D eigenvalue weighted by atomic mass is 32.1. The van der Waals surface area contributed by atoms with Crippen molar-refractivity contribution in [2.45, 2.75) is 19.3 Å². The van der Waals surface area contributed by atoms with E-state index in [9.17, 15) is 9.59 Å². The van der Waals surface area contributed by atoms with E-state index >= 15 is 0 Å². The second kappa shape index (κ2) is 5.79. The summed E-state index contributed by atoms with van der Waals surface area (Å²) in [6.45, 7) is 0.163. The molecule has 1 fully saturated rings. The molecule has 0 spiro atoms. The number of nitrogens with two attached hydrogens (primary N) is 1. The molecule has 2 rings (SSSR count). The van der Waals surface area contributed by atoms with Crippen molar-refractivity contribution in [2.24, 2.45) is 5.73 Å². The molecule has 1 heterocycles. The average Bonchev–Trinajstić information content (AvgIpc) is 2.37. The van der Waals surface area contributed by atoms with E-state index in [4.69, 9.17) is 22.7 Å². The lowest BCUT2D eigenvalue weighted by Crippen LogP contribution is -2.40. The fourth-order valence-corrected chi connectivity index (χ4v) is 1.95. The Morgan fingerprint density at radius 2 is 1.79 bits per heavy atom. The minimum atomic E-state index is -0.159. The number of carbonyl (C=O) groups is 2. The molecule has 100 valence electrons. The molecule has 0 radical (unpaired) electrons. The van der Waals surface area contributed by atoms with Crippen LogP contribution < -0.4 is 15.4 Å². The number of thiocarbonyl (C=S) groups is 1. The highest BCUT2D eigenvalue weighted by molar-refractivity contribution is 7.80. The molecule has 1 saturated heterocycles. The quantitative estimate of drug-likeness (QED) is 0.665. The van der Waals surface area contributed by atoms with Gasteiger partial charge < -0.3 is 10.5 Å². The van der Waals surface area contributed by atoms with Gasteiger partial charge in [0.05, 0.1) is 5.69 Å². The largest absolute Gasteiger partial charge is 0.487 e. The Kier molecular flexibility index (Phi) is 4.11. The van der Waals surface area contributed by atoms with E-state index in [-0.39, 0.29) is 23.4 Å². The standard InChI is InChI=1S/C13H14N2O3S/c14-11(19)8-18-10-6-4-9(5-7-10)15-12(16)2-1-3-13(15)17/h4-7H,1-3,8H2,(H2,14,19). The second-order valence-electron chi connectivity index (χ2n) is 4.23. The Labute approximate surface area is 116 Å². The van der Waals surface area contributed by atoms with Gasteiger partial charge in [0, 0.05) is 12.8 Å². The fourth-order valence-electron chi connectivity index (χ4n) is 1.89. The lowest BCUT2D eigenvalue weighted by molar-refractivity contribution is -0.129. The minimum absolute atomic E-state index is 0.159. The van der Waals surface area contributed by atoms with Gasteiger partial charge in [0.25, 0.3) is 0 Å². The summed E-state index contributed by atoms with van der Waals surface area (Å²) in [6.07, 6.45) is 1.44. The van der Waals surface area contributed by atoms with Gasteiger partial charge in [-0.3, -0.25) is 14.5 Å². The first-order chi connectivity index (χ1) is 9.08. The van der Waals surface area contributed by atoms with Crippen molar-refractivity contribution in [1.29, 1.82) is 0 Å². The summed E-state index contributed by atoms with van der Waals surface area (Å²) in [7, 11) is 0. The van der Waals surface area contributed by atoms with Crippen molar-refractivity contribution in [3.63, 3.8) is 0 Å². The zero-order chi connectivity index (χ0) is 13.8. The summed E-state index contributed by atoms with van der Waals surface area (Å²) in [5.41, 5.74) is 5.90. The molecule has 2 N–H and O–H groups in total. The Hall–Kier alpha value is -1.95. The van der Waals surface area contributed by atoms with E-state index in [0.29, 0.717) is 30.7 Å². The Bertz CT molecular complexity index is 497. The van der Waals surface area contributed by atoms with Gasteiger partial charge in [0.15, 0.2) is 0 Å². The fraction of sp³-hybridized carbons (Fsp3) is 0.308. The number of amides is 2. The summed E-state index contributed by atoms with van der Waals surface area (Å²) in [5.74, 6) is 0.273. The Morgan fingerprint density at radius 3 is 2.32 bits per heavy atom. The van der Waals surface area contributed by atoms with Gasteiger partial charge in [-0.15, -0.1) is 0 Å². The molecule has 1 aromatic rings. The summed E-state index contributed by atoms with van der Waals surface area (Å²) in [6, 6.07) is 6.72. The van der Waals surface area contributed by atoms with Crippen LogP contribution in [0.4, 0.5) is 5.69 Å². The first kappa shape index (κ1) is 13.5. The summed E-state index contributed by atoms with van der Waals surface area (Å²) in [5, 5.41) is 0. The molecule has 19 heavy (non-hydrogen) atoms. The predicted molar refractivity (Wildman–Crippen MR) is 75.1 cm³/mol. The van der Waals surface area contributed by atoms with Crippen LogP contribution in [0.5, 0.6) is 5.75 Å². The van der Waals surface area contributed by atoms with Gasteiger partial charge in [-0.1, -0.05) is 12.2 Å². The van der Waals surface area contributed by atoms with Crippen molar-refractivity contribution < 1.29 is 14.3 Å². The number of imide groups is 1. The van der Waals surface area contributed by atoms with Crippen molar-refractivity contribution in [2.75, 3.05) is 11.5 Å². The van der Waals surface area contributed by atoms with Crippen molar-refractivity contribution in [1.82, 2.24) is 0 Å². The van der Waals surface area contributed by atoms with Crippen LogP contribution in [0.1, 0.15) is 19.3 Å².